The maximum atomic E-state index is 11.2. The molecule has 1 heterocycles. The zero-order valence-electron chi connectivity index (χ0n) is 16.8. The van der Waals surface area contributed by atoms with E-state index in [4.69, 9.17) is 4.74 Å². The molecule has 4 aromatic rings. The third kappa shape index (κ3) is 5.27. The lowest BCUT2D eigenvalue weighted by molar-refractivity contribution is 0.415. The molecule has 150 valence electrons. The van der Waals surface area contributed by atoms with E-state index in [1.54, 1.807) is 13.2 Å². The fourth-order valence-corrected chi connectivity index (χ4v) is 3.60. The molecule has 0 saturated heterocycles. The Morgan fingerprint density at radius 3 is 1.97 bits per heavy atom. The van der Waals surface area contributed by atoms with Crippen molar-refractivity contribution in [1.82, 2.24) is 4.98 Å². The van der Waals surface area contributed by atoms with Crippen LogP contribution in [0.25, 0.3) is 22.0 Å². The Labute approximate surface area is 172 Å². The number of aromatic nitrogens is 1. The summed E-state index contributed by atoms with van der Waals surface area (Å²) in [6.45, 7) is 2.17. The maximum absolute atomic E-state index is 11.2. The number of rotatable bonds is 4. The zero-order valence-corrected chi connectivity index (χ0v) is 17.7. The summed E-state index contributed by atoms with van der Waals surface area (Å²) in [5, 5.41) is 1.19. The molecule has 3 aromatic carbocycles. The van der Waals surface area contributed by atoms with Crippen molar-refractivity contribution >= 4 is 20.7 Å². The molecule has 4 nitrogen and oxygen atoms in total. The number of aromatic amines is 1. The molecule has 0 spiro atoms. The molecule has 5 heteroatoms. The van der Waals surface area contributed by atoms with Crippen molar-refractivity contribution in [3.05, 3.63) is 84.4 Å². The van der Waals surface area contributed by atoms with Crippen LogP contribution in [0.3, 0.4) is 0 Å². The first-order chi connectivity index (χ1) is 13.9. The lowest BCUT2D eigenvalue weighted by atomic mass is 10.0. The number of methoxy groups -OCH3 is 1. The highest BCUT2D eigenvalue weighted by atomic mass is 32.2. The van der Waals surface area contributed by atoms with Gasteiger partial charge in [-0.15, -0.1) is 0 Å². The molecule has 0 bridgehead atoms. The molecule has 0 amide bonds. The molecule has 29 heavy (non-hydrogen) atoms. The summed E-state index contributed by atoms with van der Waals surface area (Å²) in [5.74, 6) is 0.897. The van der Waals surface area contributed by atoms with E-state index in [-0.39, 0.29) is 5.03 Å². The number of hydrogen-bond donors (Lipinski definition) is 1. The third-order valence-corrected chi connectivity index (χ3v) is 5.71. The van der Waals surface area contributed by atoms with Crippen LogP contribution < -0.4 is 4.74 Å². The van der Waals surface area contributed by atoms with E-state index in [0.717, 1.165) is 23.1 Å². The highest BCUT2D eigenvalue weighted by Gasteiger charge is 2.09. The van der Waals surface area contributed by atoms with E-state index >= 15 is 0 Å². The molecule has 0 saturated carbocycles. The summed E-state index contributed by atoms with van der Waals surface area (Å²) in [6.07, 6.45) is 2.28. The number of ether oxygens (including phenoxy) is 1. The smallest absolute Gasteiger partial charge is 0.190 e. The molecule has 0 atom stereocenters. The topological polar surface area (TPSA) is 59.2 Å². The van der Waals surface area contributed by atoms with E-state index in [1.807, 2.05) is 36.4 Å². The molecule has 0 unspecified atom stereocenters. The second-order valence-electron chi connectivity index (χ2n) is 6.77. The van der Waals surface area contributed by atoms with E-state index in [1.165, 1.54) is 22.9 Å². The lowest BCUT2D eigenvalue weighted by Crippen LogP contribution is -1.96. The summed E-state index contributed by atoms with van der Waals surface area (Å²) in [5.41, 5.74) is 4.70. The van der Waals surface area contributed by atoms with Gasteiger partial charge in [-0.2, -0.15) is 0 Å². The number of hydrogen-bond acceptors (Lipinski definition) is 3. The average molecular weight is 408 g/mol. The van der Waals surface area contributed by atoms with E-state index < -0.39 is 9.84 Å². The van der Waals surface area contributed by atoms with Gasteiger partial charge in [0.1, 0.15) is 10.8 Å². The van der Waals surface area contributed by atoms with Crippen molar-refractivity contribution in [2.75, 3.05) is 13.4 Å². The van der Waals surface area contributed by atoms with Gasteiger partial charge in [0.15, 0.2) is 9.84 Å². The molecule has 1 N–H and O–H groups in total. The van der Waals surface area contributed by atoms with Gasteiger partial charge in [-0.3, -0.25) is 0 Å². The fourth-order valence-electron chi connectivity index (χ4n) is 2.96. The Kier molecular flexibility index (Phi) is 6.39. The van der Waals surface area contributed by atoms with Gasteiger partial charge in [0.2, 0.25) is 0 Å². The molecule has 0 fully saturated rings. The fraction of sp³-hybridized carbons (Fsp3) is 0.167. The normalized spacial score (nSPS) is 11.0. The van der Waals surface area contributed by atoms with Crippen molar-refractivity contribution in [3.8, 4) is 16.9 Å². The van der Waals surface area contributed by atoms with Gasteiger partial charge in [-0.1, -0.05) is 61.5 Å². The maximum Gasteiger partial charge on any atom is 0.190 e. The Balaban J connectivity index is 0.000000169. The first-order valence-electron chi connectivity index (χ1n) is 9.42. The number of sulfone groups is 1. The van der Waals surface area contributed by atoms with Gasteiger partial charge in [0, 0.05) is 17.2 Å². The number of nitrogens with one attached hydrogen (secondary N) is 1. The standard InChI is InChI=1S/C15H16O.C9H9NO2S/c1-3-12-4-6-13(7-5-12)14-8-10-15(16-2)11-9-14;1-13(11,12)9-6-7-4-2-3-5-8(7)10-9/h4-11H,3H2,1-2H3;2-6,10H,1H3. The summed E-state index contributed by atoms with van der Waals surface area (Å²) in [7, 11) is -1.43. The Hall–Kier alpha value is -3.05. The van der Waals surface area contributed by atoms with Crippen molar-refractivity contribution in [1.29, 1.82) is 0 Å². The van der Waals surface area contributed by atoms with Crippen LogP contribution in [0.15, 0.2) is 83.9 Å². The Morgan fingerprint density at radius 2 is 1.45 bits per heavy atom. The van der Waals surface area contributed by atoms with Gasteiger partial charge in [-0.05, 0) is 47.4 Å². The number of para-hydroxylation sites is 1. The molecule has 0 radical (unpaired) electrons. The van der Waals surface area contributed by atoms with Crippen LogP contribution in [0.2, 0.25) is 0 Å². The van der Waals surface area contributed by atoms with Crippen LogP contribution in [0.4, 0.5) is 0 Å². The highest BCUT2D eigenvalue weighted by molar-refractivity contribution is 7.90. The quantitative estimate of drug-likeness (QED) is 0.486. The van der Waals surface area contributed by atoms with Gasteiger partial charge in [0.05, 0.1) is 7.11 Å². The monoisotopic (exact) mass is 407 g/mol. The van der Waals surface area contributed by atoms with E-state index in [9.17, 15) is 8.42 Å². The first-order valence-corrected chi connectivity index (χ1v) is 11.3. The number of H-pyrrole nitrogens is 1. The van der Waals surface area contributed by atoms with Crippen LogP contribution in [-0.2, 0) is 16.3 Å². The summed E-state index contributed by atoms with van der Waals surface area (Å²) in [6, 6.07) is 26.0. The summed E-state index contributed by atoms with van der Waals surface area (Å²) in [4.78, 5) is 2.85. The van der Waals surface area contributed by atoms with Gasteiger partial charge in [0.25, 0.3) is 0 Å². The van der Waals surface area contributed by atoms with Gasteiger partial charge >= 0.3 is 0 Å². The van der Waals surface area contributed by atoms with Gasteiger partial charge in [-0.25, -0.2) is 8.42 Å². The van der Waals surface area contributed by atoms with Crippen LogP contribution >= 0.6 is 0 Å². The molecule has 4 rings (SSSR count). The first kappa shape index (κ1) is 20.7. The molecule has 1 aromatic heterocycles. The van der Waals surface area contributed by atoms with Crippen molar-refractivity contribution in [2.45, 2.75) is 18.4 Å². The Morgan fingerprint density at radius 1 is 0.862 bits per heavy atom. The SMILES string of the molecule is CCc1ccc(-c2ccc(OC)cc2)cc1.CS(=O)(=O)c1cc2ccccc2[nH]1. The van der Waals surface area contributed by atoms with Crippen molar-refractivity contribution in [2.24, 2.45) is 0 Å². The van der Waals surface area contributed by atoms with Gasteiger partial charge < -0.3 is 9.72 Å². The summed E-state index contributed by atoms with van der Waals surface area (Å²) < 4.78 is 27.5. The number of benzene rings is 3. The summed E-state index contributed by atoms with van der Waals surface area (Å²) >= 11 is 0. The second kappa shape index (κ2) is 8.97. The zero-order chi connectivity index (χ0) is 20.9. The largest absolute Gasteiger partial charge is 0.497 e. The minimum atomic E-state index is -3.12. The predicted octanol–water partition coefficient (Wildman–Crippen LogP) is 5.50. The molecule has 0 aliphatic heterocycles. The Bertz CT molecular complexity index is 1100. The van der Waals surface area contributed by atoms with Crippen molar-refractivity contribution < 1.29 is 13.2 Å². The molecule has 0 aliphatic rings. The second-order valence-corrected chi connectivity index (χ2v) is 8.76. The average Bonchev–Trinajstić information content (AvgIpc) is 3.19. The number of fused-ring (bicyclic) bond motifs is 1. The minimum Gasteiger partial charge on any atom is -0.497 e. The third-order valence-electron chi connectivity index (χ3n) is 4.69. The predicted molar refractivity (Wildman–Crippen MR) is 119 cm³/mol. The molecule has 0 aliphatic carbocycles. The molecular formula is C24H25NO3S. The minimum absolute atomic E-state index is 0.272. The lowest BCUT2D eigenvalue weighted by Gasteiger charge is -2.04. The van der Waals surface area contributed by atoms with Crippen LogP contribution in [0.1, 0.15) is 12.5 Å². The molecular weight excluding hydrogens is 382 g/mol. The van der Waals surface area contributed by atoms with Crippen molar-refractivity contribution in [3.63, 3.8) is 0 Å². The van der Waals surface area contributed by atoms with Crippen LogP contribution in [0, 0.1) is 0 Å². The van der Waals surface area contributed by atoms with E-state index in [0.29, 0.717) is 0 Å². The van der Waals surface area contributed by atoms with E-state index in [2.05, 4.69) is 48.3 Å². The van der Waals surface area contributed by atoms with Crippen LogP contribution in [-0.4, -0.2) is 26.8 Å². The van der Waals surface area contributed by atoms with Crippen LogP contribution in [0.5, 0.6) is 5.75 Å². The number of aryl methyl sites for hydroxylation is 1. The highest BCUT2D eigenvalue weighted by Crippen LogP contribution is 2.22.